The minimum absolute atomic E-state index is 0.0460. The Labute approximate surface area is 230 Å². The van der Waals surface area contributed by atoms with E-state index >= 15 is 0 Å². The number of benzene rings is 4. The number of esters is 1. The van der Waals surface area contributed by atoms with Crippen LogP contribution in [0.3, 0.4) is 0 Å². The maximum Gasteiger partial charge on any atom is 0.352 e. The van der Waals surface area contributed by atoms with Crippen LogP contribution >= 0.6 is 0 Å². The van der Waals surface area contributed by atoms with Gasteiger partial charge >= 0.3 is 5.97 Å². The van der Waals surface area contributed by atoms with Gasteiger partial charge in [-0.15, -0.1) is 0 Å². The molecule has 8 heteroatoms. The van der Waals surface area contributed by atoms with Gasteiger partial charge in [-0.25, -0.2) is 9.18 Å². The lowest BCUT2D eigenvalue weighted by Crippen LogP contribution is -2.29. The summed E-state index contributed by atoms with van der Waals surface area (Å²) in [6.45, 7) is 1.86. The van der Waals surface area contributed by atoms with Gasteiger partial charge in [0.2, 0.25) is 5.88 Å². The van der Waals surface area contributed by atoms with Crippen molar-refractivity contribution in [3.63, 3.8) is 0 Å². The van der Waals surface area contributed by atoms with Crippen molar-refractivity contribution in [1.29, 1.82) is 5.26 Å². The molecule has 0 saturated heterocycles. The highest BCUT2D eigenvalue weighted by atomic mass is 19.1. The molecule has 0 bridgehead atoms. The van der Waals surface area contributed by atoms with Gasteiger partial charge in [-0.1, -0.05) is 60.7 Å². The van der Waals surface area contributed by atoms with Gasteiger partial charge in [0, 0.05) is 11.6 Å². The molecule has 0 aliphatic carbocycles. The van der Waals surface area contributed by atoms with Gasteiger partial charge < -0.3 is 24.7 Å². The second kappa shape index (κ2) is 11.6. The molecule has 0 spiro atoms. The van der Waals surface area contributed by atoms with E-state index in [1.807, 2.05) is 54.6 Å². The van der Waals surface area contributed by atoms with Crippen molar-refractivity contribution in [2.75, 3.05) is 0 Å². The Morgan fingerprint density at radius 3 is 2.55 bits per heavy atom. The van der Waals surface area contributed by atoms with Crippen LogP contribution in [0.1, 0.15) is 29.5 Å². The third-order valence-corrected chi connectivity index (χ3v) is 6.32. The van der Waals surface area contributed by atoms with Crippen LogP contribution in [0.25, 0.3) is 0 Å². The van der Waals surface area contributed by atoms with Crippen LogP contribution in [-0.2, 0) is 11.4 Å². The molecule has 0 fully saturated rings. The zero-order chi connectivity index (χ0) is 28.1. The van der Waals surface area contributed by atoms with Gasteiger partial charge in [-0.2, -0.15) is 5.26 Å². The minimum Gasteiger partial charge on any atom is -0.489 e. The van der Waals surface area contributed by atoms with Crippen molar-refractivity contribution in [3.8, 4) is 29.1 Å². The van der Waals surface area contributed by atoms with Crippen molar-refractivity contribution in [1.82, 2.24) is 0 Å². The van der Waals surface area contributed by atoms with Crippen LogP contribution < -0.4 is 24.7 Å². The molecule has 2 atom stereocenters. The predicted octanol–water partition coefficient (Wildman–Crippen LogP) is 6.00. The molecule has 200 valence electrons. The molecule has 5 rings (SSSR count). The van der Waals surface area contributed by atoms with Crippen LogP contribution in [-0.4, -0.2) is 12.1 Å². The van der Waals surface area contributed by atoms with Crippen molar-refractivity contribution in [2.45, 2.75) is 25.6 Å². The molecule has 40 heavy (non-hydrogen) atoms. The van der Waals surface area contributed by atoms with E-state index in [9.17, 15) is 14.4 Å². The molecular weight excluding hydrogens is 511 g/mol. The summed E-state index contributed by atoms with van der Waals surface area (Å²) in [4.78, 5) is 12.6. The fraction of sp³-hybridized carbons (Fsp3) is 0.125. The highest BCUT2D eigenvalue weighted by Crippen LogP contribution is 2.44. The summed E-state index contributed by atoms with van der Waals surface area (Å²) in [6, 6.07) is 30.0. The number of carbonyl (C=O) groups is 1. The third kappa shape index (κ3) is 5.74. The largest absolute Gasteiger partial charge is 0.489 e. The molecule has 1 aliphatic heterocycles. The number of para-hydroxylation sites is 1. The van der Waals surface area contributed by atoms with E-state index < -0.39 is 23.8 Å². The lowest BCUT2D eigenvalue weighted by molar-refractivity contribution is -0.141. The van der Waals surface area contributed by atoms with Crippen molar-refractivity contribution in [2.24, 2.45) is 5.73 Å². The van der Waals surface area contributed by atoms with E-state index in [-0.39, 0.29) is 23.0 Å². The molecule has 1 aliphatic rings. The summed E-state index contributed by atoms with van der Waals surface area (Å²) in [5.74, 6) is -0.775. The number of hydrogen-bond donors (Lipinski definition) is 1. The topological polar surface area (TPSA) is 104 Å². The van der Waals surface area contributed by atoms with Crippen molar-refractivity contribution >= 4 is 5.97 Å². The van der Waals surface area contributed by atoms with Crippen LogP contribution in [0.5, 0.6) is 23.0 Å². The van der Waals surface area contributed by atoms with Crippen LogP contribution in [0, 0.1) is 17.1 Å². The smallest absolute Gasteiger partial charge is 0.352 e. The Bertz CT molecular complexity index is 1610. The first kappa shape index (κ1) is 26.3. The highest BCUT2D eigenvalue weighted by Gasteiger charge is 2.31. The zero-order valence-corrected chi connectivity index (χ0v) is 21.5. The monoisotopic (exact) mass is 536 g/mol. The maximum atomic E-state index is 13.9. The standard InChI is InChI=1S/C32H25FN2O5/c1-20(38-28-13-6-5-12-27(28)33)32(36)39-24-14-15-25-29(17-24)40-31(35)26(18-34)30(25)22-10-7-11-23(16-22)37-19-21-8-3-2-4-9-21/h2-17,20,30H,19,35H2,1H3. The van der Waals surface area contributed by atoms with Crippen LogP contribution in [0.15, 0.2) is 109 Å². The Kier molecular flexibility index (Phi) is 7.65. The van der Waals surface area contributed by atoms with Crippen molar-refractivity contribution in [3.05, 3.63) is 131 Å². The number of rotatable bonds is 8. The molecule has 7 nitrogen and oxygen atoms in total. The van der Waals surface area contributed by atoms with E-state index in [4.69, 9.17) is 24.7 Å². The van der Waals surface area contributed by atoms with Gasteiger partial charge in [-0.3, -0.25) is 0 Å². The van der Waals surface area contributed by atoms with Crippen LogP contribution in [0.4, 0.5) is 4.39 Å². The highest BCUT2D eigenvalue weighted by molar-refractivity contribution is 5.77. The maximum absolute atomic E-state index is 13.9. The molecule has 4 aromatic rings. The summed E-state index contributed by atoms with van der Waals surface area (Å²) in [6.07, 6.45) is -1.07. The van der Waals surface area contributed by atoms with E-state index in [2.05, 4.69) is 6.07 Å². The number of nitrogens with zero attached hydrogens (tertiary/aromatic N) is 1. The number of nitriles is 1. The average Bonchev–Trinajstić information content (AvgIpc) is 2.97. The Morgan fingerprint density at radius 1 is 1.00 bits per heavy atom. The molecule has 0 aromatic heterocycles. The number of halogens is 1. The first-order valence-corrected chi connectivity index (χ1v) is 12.5. The second-order valence-electron chi connectivity index (χ2n) is 9.08. The Balaban J connectivity index is 1.36. The molecule has 4 aromatic carbocycles. The summed E-state index contributed by atoms with van der Waals surface area (Å²) >= 11 is 0. The molecule has 2 unspecified atom stereocenters. The minimum atomic E-state index is -1.07. The fourth-order valence-electron chi connectivity index (χ4n) is 4.34. The molecule has 0 saturated carbocycles. The summed E-state index contributed by atoms with van der Waals surface area (Å²) in [5, 5.41) is 9.91. The number of ether oxygens (including phenoxy) is 4. The number of nitrogens with two attached hydrogens (primary N) is 1. The molecule has 0 radical (unpaired) electrons. The number of hydrogen-bond acceptors (Lipinski definition) is 7. The lowest BCUT2D eigenvalue weighted by Gasteiger charge is -2.27. The Morgan fingerprint density at radius 2 is 1.77 bits per heavy atom. The van der Waals surface area contributed by atoms with Crippen LogP contribution in [0.2, 0.25) is 0 Å². The lowest BCUT2D eigenvalue weighted by atomic mass is 9.83. The van der Waals surface area contributed by atoms with Gasteiger partial charge in [0.25, 0.3) is 0 Å². The quantitative estimate of drug-likeness (QED) is 0.218. The van der Waals surface area contributed by atoms with E-state index in [0.717, 1.165) is 11.1 Å². The number of carbonyl (C=O) groups excluding carboxylic acids is 1. The van der Waals surface area contributed by atoms with Crippen molar-refractivity contribution < 1.29 is 28.1 Å². The van der Waals surface area contributed by atoms with E-state index in [1.54, 1.807) is 18.2 Å². The second-order valence-corrected chi connectivity index (χ2v) is 9.08. The molecule has 2 N–H and O–H groups in total. The summed E-state index contributed by atoms with van der Waals surface area (Å²) in [7, 11) is 0. The SMILES string of the molecule is CC(Oc1ccccc1F)C(=O)Oc1ccc2c(c1)OC(N)=C(C#N)C2c1cccc(OCc2ccccc2)c1. The van der Waals surface area contributed by atoms with E-state index in [1.165, 1.54) is 31.2 Å². The zero-order valence-electron chi connectivity index (χ0n) is 21.5. The summed E-state index contributed by atoms with van der Waals surface area (Å²) < 4.78 is 36.5. The molecule has 0 amide bonds. The molecule has 1 heterocycles. The van der Waals surface area contributed by atoms with Gasteiger partial charge in [0.15, 0.2) is 17.7 Å². The third-order valence-electron chi connectivity index (χ3n) is 6.32. The predicted molar refractivity (Wildman–Crippen MR) is 145 cm³/mol. The fourth-order valence-corrected chi connectivity index (χ4v) is 4.34. The summed E-state index contributed by atoms with van der Waals surface area (Å²) in [5.41, 5.74) is 8.88. The van der Waals surface area contributed by atoms with Gasteiger partial charge in [0.1, 0.15) is 35.5 Å². The average molecular weight is 537 g/mol. The first-order chi connectivity index (χ1) is 19.4. The molecular formula is C32H25FN2O5. The first-order valence-electron chi connectivity index (χ1n) is 12.5. The number of allylic oxidation sites excluding steroid dienone is 1. The van der Waals surface area contributed by atoms with Gasteiger partial charge in [-0.05, 0) is 48.4 Å². The van der Waals surface area contributed by atoms with E-state index in [0.29, 0.717) is 23.7 Å². The number of fused-ring (bicyclic) bond motifs is 1. The van der Waals surface area contributed by atoms with Gasteiger partial charge in [0.05, 0.1) is 5.92 Å². The Hall–Kier alpha value is -5.29. The normalized spacial score (nSPS) is 14.8.